The minimum atomic E-state index is 0.0282. The van der Waals surface area contributed by atoms with Crippen molar-refractivity contribution in [2.75, 3.05) is 46.4 Å². The molecule has 0 unspecified atom stereocenters. The largest absolute Gasteiger partial charge is 0.383 e. The van der Waals surface area contributed by atoms with Crippen molar-refractivity contribution in [1.82, 2.24) is 15.1 Å². The van der Waals surface area contributed by atoms with Crippen LogP contribution in [0.5, 0.6) is 0 Å². The van der Waals surface area contributed by atoms with Crippen LogP contribution in [0.2, 0.25) is 0 Å². The summed E-state index contributed by atoms with van der Waals surface area (Å²) < 4.78 is 4.89. The molecule has 0 aromatic rings. The quantitative estimate of drug-likeness (QED) is 0.708. The highest BCUT2D eigenvalue weighted by Crippen LogP contribution is 2.05. The fourth-order valence-corrected chi connectivity index (χ4v) is 1.81. The molecule has 0 bridgehead atoms. The monoisotopic (exact) mass is 229 g/mol. The lowest BCUT2D eigenvalue weighted by Crippen LogP contribution is -2.53. The van der Waals surface area contributed by atoms with E-state index in [0.29, 0.717) is 19.2 Å². The summed E-state index contributed by atoms with van der Waals surface area (Å²) in [6.45, 7) is 9.10. The SMILES string of the molecule is COCCNC(=O)N1CCN(C(C)C)CC1. The van der Waals surface area contributed by atoms with Crippen molar-refractivity contribution in [3.63, 3.8) is 0 Å². The molecule has 1 rings (SSSR count). The van der Waals surface area contributed by atoms with Crippen molar-refractivity contribution in [2.45, 2.75) is 19.9 Å². The van der Waals surface area contributed by atoms with Gasteiger partial charge in [0.2, 0.25) is 0 Å². The van der Waals surface area contributed by atoms with Crippen LogP contribution < -0.4 is 5.32 Å². The molecule has 0 radical (unpaired) electrons. The Kier molecular flexibility index (Phi) is 5.55. The second kappa shape index (κ2) is 6.70. The molecule has 1 aliphatic rings. The first kappa shape index (κ1) is 13.3. The van der Waals surface area contributed by atoms with E-state index < -0.39 is 0 Å². The minimum Gasteiger partial charge on any atom is -0.383 e. The Bertz CT molecular complexity index is 213. The predicted molar refractivity (Wildman–Crippen MR) is 63.6 cm³/mol. The standard InChI is InChI=1S/C11H23N3O2/c1-10(2)13-5-7-14(8-6-13)11(15)12-4-9-16-3/h10H,4-9H2,1-3H3,(H,12,15). The van der Waals surface area contributed by atoms with E-state index in [9.17, 15) is 4.79 Å². The molecule has 5 nitrogen and oxygen atoms in total. The average molecular weight is 229 g/mol. The first-order chi connectivity index (χ1) is 7.65. The first-order valence-electron chi connectivity index (χ1n) is 5.91. The molecule has 1 saturated heterocycles. The number of carbonyl (C=O) groups excluding carboxylic acids is 1. The molecule has 0 atom stereocenters. The summed E-state index contributed by atoms with van der Waals surface area (Å²) in [6, 6.07) is 0.596. The number of rotatable bonds is 4. The highest BCUT2D eigenvalue weighted by molar-refractivity contribution is 5.74. The number of ether oxygens (including phenoxy) is 1. The molecule has 2 amide bonds. The van der Waals surface area contributed by atoms with Crippen LogP contribution in [0.1, 0.15) is 13.8 Å². The Labute approximate surface area is 97.7 Å². The van der Waals surface area contributed by atoms with Gasteiger partial charge in [-0.1, -0.05) is 0 Å². The Morgan fingerprint density at radius 2 is 1.94 bits per heavy atom. The van der Waals surface area contributed by atoms with E-state index in [1.165, 1.54) is 0 Å². The van der Waals surface area contributed by atoms with Crippen LogP contribution in [0, 0.1) is 0 Å². The fourth-order valence-electron chi connectivity index (χ4n) is 1.81. The number of urea groups is 1. The second-order valence-electron chi connectivity index (χ2n) is 4.34. The molecule has 0 aromatic carbocycles. The van der Waals surface area contributed by atoms with Crippen molar-refractivity contribution in [3.8, 4) is 0 Å². The smallest absolute Gasteiger partial charge is 0.317 e. The number of piperazine rings is 1. The maximum absolute atomic E-state index is 11.7. The molecule has 0 spiro atoms. The van der Waals surface area contributed by atoms with E-state index in [-0.39, 0.29) is 6.03 Å². The van der Waals surface area contributed by atoms with Gasteiger partial charge in [0, 0.05) is 45.9 Å². The third-order valence-electron chi connectivity index (χ3n) is 2.91. The van der Waals surface area contributed by atoms with Gasteiger partial charge in [-0.25, -0.2) is 4.79 Å². The van der Waals surface area contributed by atoms with Crippen molar-refractivity contribution >= 4 is 6.03 Å². The number of methoxy groups -OCH3 is 1. The molecule has 16 heavy (non-hydrogen) atoms. The number of amides is 2. The molecule has 0 aliphatic carbocycles. The highest BCUT2D eigenvalue weighted by atomic mass is 16.5. The molecule has 1 aliphatic heterocycles. The number of nitrogens with zero attached hydrogens (tertiary/aromatic N) is 2. The van der Waals surface area contributed by atoms with Crippen LogP contribution in [-0.4, -0.2) is 68.3 Å². The van der Waals surface area contributed by atoms with Crippen LogP contribution in [0.3, 0.4) is 0 Å². The first-order valence-corrected chi connectivity index (χ1v) is 5.91. The zero-order valence-corrected chi connectivity index (χ0v) is 10.5. The zero-order chi connectivity index (χ0) is 12.0. The van der Waals surface area contributed by atoms with Crippen LogP contribution >= 0.6 is 0 Å². The van der Waals surface area contributed by atoms with Gasteiger partial charge in [-0.15, -0.1) is 0 Å². The van der Waals surface area contributed by atoms with Crippen molar-refractivity contribution in [1.29, 1.82) is 0 Å². The highest BCUT2D eigenvalue weighted by Gasteiger charge is 2.21. The van der Waals surface area contributed by atoms with Gasteiger partial charge in [-0.3, -0.25) is 4.90 Å². The van der Waals surface area contributed by atoms with E-state index in [1.54, 1.807) is 7.11 Å². The van der Waals surface area contributed by atoms with Crippen LogP contribution in [0.4, 0.5) is 4.79 Å². The third kappa shape index (κ3) is 3.98. The van der Waals surface area contributed by atoms with Crippen molar-refractivity contribution in [3.05, 3.63) is 0 Å². The summed E-state index contributed by atoms with van der Waals surface area (Å²) in [5.41, 5.74) is 0. The molecular formula is C11H23N3O2. The van der Waals surface area contributed by atoms with Crippen LogP contribution in [-0.2, 0) is 4.74 Å². The van der Waals surface area contributed by atoms with Gasteiger partial charge in [-0.2, -0.15) is 0 Å². The van der Waals surface area contributed by atoms with E-state index in [0.717, 1.165) is 26.2 Å². The minimum absolute atomic E-state index is 0.0282. The van der Waals surface area contributed by atoms with Crippen LogP contribution in [0.25, 0.3) is 0 Å². The summed E-state index contributed by atoms with van der Waals surface area (Å²) in [6.07, 6.45) is 0. The number of carbonyl (C=O) groups is 1. The summed E-state index contributed by atoms with van der Waals surface area (Å²) in [5.74, 6) is 0. The summed E-state index contributed by atoms with van der Waals surface area (Å²) >= 11 is 0. The van der Waals surface area contributed by atoms with Gasteiger partial charge in [-0.05, 0) is 13.8 Å². The normalized spacial score (nSPS) is 17.9. The topological polar surface area (TPSA) is 44.8 Å². The summed E-state index contributed by atoms with van der Waals surface area (Å²) in [5, 5.41) is 2.84. The second-order valence-corrected chi connectivity index (χ2v) is 4.34. The molecule has 94 valence electrons. The van der Waals surface area contributed by atoms with E-state index >= 15 is 0 Å². The fraction of sp³-hybridized carbons (Fsp3) is 0.909. The number of nitrogens with one attached hydrogen (secondary N) is 1. The summed E-state index contributed by atoms with van der Waals surface area (Å²) in [4.78, 5) is 15.9. The van der Waals surface area contributed by atoms with Gasteiger partial charge in [0.25, 0.3) is 0 Å². The molecule has 0 saturated carbocycles. The van der Waals surface area contributed by atoms with Crippen molar-refractivity contribution < 1.29 is 9.53 Å². The predicted octanol–water partition coefficient (Wildman–Crippen LogP) is 0.368. The molecule has 1 N–H and O–H groups in total. The Hall–Kier alpha value is -0.810. The molecule has 0 aromatic heterocycles. The molecular weight excluding hydrogens is 206 g/mol. The van der Waals surface area contributed by atoms with Crippen LogP contribution in [0.15, 0.2) is 0 Å². The Morgan fingerprint density at radius 1 is 1.31 bits per heavy atom. The van der Waals surface area contributed by atoms with E-state index in [4.69, 9.17) is 4.74 Å². The summed E-state index contributed by atoms with van der Waals surface area (Å²) in [7, 11) is 1.63. The maximum atomic E-state index is 11.7. The lowest BCUT2D eigenvalue weighted by molar-refractivity contribution is 0.117. The zero-order valence-electron chi connectivity index (χ0n) is 10.5. The third-order valence-corrected chi connectivity index (χ3v) is 2.91. The number of hydrogen-bond donors (Lipinski definition) is 1. The van der Waals surface area contributed by atoms with Gasteiger partial charge >= 0.3 is 6.03 Å². The Morgan fingerprint density at radius 3 is 2.44 bits per heavy atom. The molecule has 1 heterocycles. The van der Waals surface area contributed by atoms with E-state index in [1.807, 2.05) is 4.90 Å². The lowest BCUT2D eigenvalue weighted by atomic mass is 10.2. The lowest BCUT2D eigenvalue weighted by Gasteiger charge is -2.36. The maximum Gasteiger partial charge on any atom is 0.317 e. The molecule has 5 heteroatoms. The van der Waals surface area contributed by atoms with Crippen molar-refractivity contribution in [2.24, 2.45) is 0 Å². The Balaban J connectivity index is 2.22. The van der Waals surface area contributed by atoms with Gasteiger partial charge in [0.15, 0.2) is 0 Å². The van der Waals surface area contributed by atoms with E-state index in [2.05, 4.69) is 24.1 Å². The average Bonchev–Trinajstić information content (AvgIpc) is 2.29. The number of hydrogen-bond acceptors (Lipinski definition) is 3. The van der Waals surface area contributed by atoms with Gasteiger partial charge in [0.05, 0.1) is 6.61 Å². The molecule has 1 fully saturated rings. The van der Waals surface area contributed by atoms with Gasteiger partial charge in [0.1, 0.15) is 0 Å². The van der Waals surface area contributed by atoms with Gasteiger partial charge < -0.3 is 15.0 Å².